The van der Waals surface area contributed by atoms with Crippen LogP contribution in [-0.2, 0) is 4.79 Å². The predicted octanol–water partition coefficient (Wildman–Crippen LogP) is 2.80. The van der Waals surface area contributed by atoms with E-state index < -0.39 is 0 Å². The average Bonchev–Trinajstić information content (AvgIpc) is 2.37. The Bertz CT molecular complexity index is 279. The van der Waals surface area contributed by atoms with Crippen LogP contribution >= 0.6 is 0 Å². The minimum Gasteiger partial charge on any atom is -0.343 e. The Kier molecular flexibility index (Phi) is 5.20. The Morgan fingerprint density at radius 1 is 1.22 bits per heavy atom. The summed E-state index contributed by atoms with van der Waals surface area (Å²) in [5.41, 5.74) is 0.500. The average molecular weight is 254 g/mol. The second kappa shape index (κ2) is 6.05. The van der Waals surface area contributed by atoms with E-state index in [4.69, 9.17) is 0 Å². The first-order valence-corrected chi connectivity index (χ1v) is 7.22. The van der Waals surface area contributed by atoms with Crippen LogP contribution in [0.25, 0.3) is 0 Å². The van der Waals surface area contributed by atoms with Gasteiger partial charge in [-0.05, 0) is 45.4 Å². The monoisotopic (exact) mass is 254 g/mol. The molecule has 0 bridgehead atoms. The molecule has 0 aromatic rings. The second-order valence-electron chi connectivity index (χ2n) is 7.33. The summed E-state index contributed by atoms with van der Waals surface area (Å²) in [6.45, 7) is 13.7. The highest BCUT2D eigenvalue weighted by Gasteiger charge is 2.25. The molecule has 0 aromatic carbocycles. The minimum atomic E-state index is 0.0983. The standard InChI is InChI=1S/C15H30N2O/c1-14(2,3)16-10-7-13(18)17-11-6-8-15(4,5)9-12-17/h16H,6-12H2,1-5H3. The number of nitrogens with one attached hydrogen (secondary N) is 1. The normalized spacial score (nSPS) is 20.6. The van der Waals surface area contributed by atoms with E-state index in [1.165, 1.54) is 6.42 Å². The van der Waals surface area contributed by atoms with Crippen LogP contribution in [0.1, 0.15) is 60.3 Å². The van der Waals surface area contributed by atoms with E-state index in [0.717, 1.165) is 32.5 Å². The van der Waals surface area contributed by atoms with Crippen LogP contribution in [0.2, 0.25) is 0 Å². The van der Waals surface area contributed by atoms with Crippen molar-refractivity contribution < 1.29 is 4.79 Å². The third kappa shape index (κ3) is 5.85. The van der Waals surface area contributed by atoms with Crippen LogP contribution in [-0.4, -0.2) is 36.0 Å². The van der Waals surface area contributed by atoms with Gasteiger partial charge in [0.15, 0.2) is 0 Å². The Balaban J connectivity index is 2.34. The first-order chi connectivity index (χ1) is 8.20. The van der Waals surface area contributed by atoms with Gasteiger partial charge in [-0.25, -0.2) is 0 Å². The van der Waals surface area contributed by atoms with Gasteiger partial charge < -0.3 is 10.2 Å². The van der Waals surface area contributed by atoms with Gasteiger partial charge in [-0.1, -0.05) is 13.8 Å². The van der Waals surface area contributed by atoms with E-state index in [1.807, 2.05) is 0 Å². The molecule has 3 heteroatoms. The molecule has 0 aliphatic carbocycles. The summed E-state index contributed by atoms with van der Waals surface area (Å²) in [6.07, 6.45) is 4.13. The Morgan fingerprint density at radius 2 is 1.89 bits per heavy atom. The van der Waals surface area contributed by atoms with Crippen molar-refractivity contribution in [3.63, 3.8) is 0 Å². The van der Waals surface area contributed by atoms with Gasteiger partial charge in [-0.15, -0.1) is 0 Å². The van der Waals surface area contributed by atoms with Crippen LogP contribution in [0.5, 0.6) is 0 Å². The smallest absolute Gasteiger partial charge is 0.223 e. The molecule has 1 rings (SSSR count). The number of amides is 1. The zero-order valence-electron chi connectivity index (χ0n) is 12.8. The van der Waals surface area contributed by atoms with E-state index in [0.29, 0.717) is 17.7 Å². The number of hydrogen-bond donors (Lipinski definition) is 1. The summed E-state index contributed by atoms with van der Waals surface area (Å²) in [7, 11) is 0. The summed E-state index contributed by atoms with van der Waals surface area (Å²) < 4.78 is 0. The number of carbonyl (C=O) groups excluding carboxylic acids is 1. The van der Waals surface area contributed by atoms with Gasteiger partial charge in [0.2, 0.25) is 5.91 Å². The third-order valence-corrected chi connectivity index (χ3v) is 3.69. The lowest BCUT2D eigenvalue weighted by Gasteiger charge is -2.24. The second-order valence-corrected chi connectivity index (χ2v) is 7.33. The maximum Gasteiger partial charge on any atom is 0.223 e. The van der Waals surface area contributed by atoms with Crippen molar-refractivity contribution in [2.24, 2.45) is 5.41 Å². The quantitative estimate of drug-likeness (QED) is 0.840. The molecule has 1 amide bonds. The highest BCUT2D eigenvalue weighted by Crippen LogP contribution is 2.29. The summed E-state index contributed by atoms with van der Waals surface area (Å²) in [5.74, 6) is 0.310. The molecule has 0 radical (unpaired) electrons. The van der Waals surface area contributed by atoms with Crippen LogP contribution in [0, 0.1) is 5.41 Å². The molecule has 18 heavy (non-hydrogen) atoms. The van der Waals surface area contributed by atoms with Crippen molar-refractivity contribution >= 4 is 5.91 Å². The third-order valence-electron chi connectivity index (χ3n) is 3.69. The molecule has 0 spiro atoms. The van der Waals surface area contributed by atoms with Crippen LogP contribution in [0.3, 0.4) is 0 Å². The van der Waals surface area contributed by atoms with Crippen molar-refractivity contribution in [3.8, 4) is 0 Å². The van der Waals surface area contributed by atoms with Gasteiger partial charge >= 0.3 is 0 Å². The molecule has 0 unspecified atom stereocenters. The summed E-state index contributed by atoms with van der Waals surface area (Å²) in [6, 6.07) is 0. The summed E-state index contributed by atoms with van der Waals surface area (Å²) in [5, 5.41) is 3.38. The summed E-state index contributed by atoms with van der Waals surface area (Å²) >= 11 is 0. The van der Waals surface area contributed by atoms with Crippen LogP contribution < -0.4 is 5.32 Å². The molecule has 3 nitrogen and oxygen atoms in total. The molecule has 1 N–H and O–H groups in total. The maximum absolute atomic E-state index is 12.1. The van der Waals surface area contributed by atoms with Crippen molar-refractivity contribution in [2.45, 2.75) is 65.8 Å². The molecule has 106 valence electrons. The number of hydrogen-bond acceptors (Lipinski definition) is 2. The van der Waals surface area contributed by atoms with E-state index in [9.17, 15) is 4.79 Å². The van der Waals surface area contributed by atoms with Crippen LogP contribution in [0.15, 0.2) is 0 Å². The molecule has 1 saturated heterocycles. The van der Waals surface area contributed by atoms with Crippen LogP contribution in [0.4, 0.5) is 0 Å². The lowest BCUT2D eigenvalue weighted by atomic mass is 9.85. The first-order valence-electron chi connectivity index (χ1n) is 7.22. The fourth-order valence-electron chi connectivity index (χ4n) is 2.37. The maximum atomic E-state index is 12.1. The number of likely N-dealkylation sites (tertiary alicyclic amines) is 1. The fourth-order valence-corrected chi connectivity index (χ4v) is 2.37. The lowest BCUT2D eigenvalue weighted by molar-refractivity contribution is -0.131. The molecule has 0 atom stereocenters. The molecule has 0 saturated carbocycles. The number of rotatable bonds is 3. The van der Waals surface area contributed by atoms with Crippen molar-refractivity contribution in [2.75, 3.05) is 19.6 Å². The molecule has 1 aliphatic rings. The number of carbonyl (C=O) groups is 1. The van der Waals surface area contributed by atoms with E-state index >= 15 is 0 Å². The highest BCUT2D eigenvalue weighted by molar-refractivity contribution is 5.76. The molecule has 1 aliphatic heterocycles. The lowest BCUT2D eigenvalue weighted by Crippen LogP contribution is -2.40. The topological polar surface area (TPSA) is 32.3 Å². The van der Waals surface area contributed by atoms with Gasteiger partial charge in [-0.2, -0.15) is 0 Å². The molecule has 0 aromatic heterocycles. The van der Waals surface area contributed by atoms with Crippen molar-refractivity contribution in [3.05, 3.63) is 0 Å². The first kappa shape index (κ1) is 15.5. The van der Waals surface area contributed by atoms with Gasteiger partial charge in [0, 0.05) is 31.6 Å². The minimum absolute atomic E-state index is 0.0983. The molecular weight excluding hydrogens is 224 g/mol. The molecular formula is C15H30N2O. The zero-order chi connectivity index (χ0) is 13.8. The van der Waals surface area contributed by atoms with Crippen molar-refractivity contribution in [1.29, 1.82) is 0 Å². The predicted molar refractivity (Wildman–Crippen MR) is 76.6 cm³/mol. The SMILES string of the molecule is CC1(C)CCCN(C(=O)CCNC(C)(C)C)CC1. The molecule has 1 heterocycles. The Morgan fingerprint density at radius 3 is 2.50 bits per heavy atom. The van der Waals surface area contributed by atoms with Gasteiger partial charge in [-0.3, -0.25) is 4.79 Å². The molecule has 1 fully saturated rings. The van der Waals surface area contributed by atoms with Gasteiger partial charge in [0.05, 0.1) is 0 Å². The van der Waals surface area contributed by atoms with Gasteiger partial charge in [0.1, 0.15) is 0 Å². The summed E-state index contributed by atoms with van der Waals surface area (Å²) in [4.78, 5) is 14.2. The fraction of sp³-hybridized carbons (Fsp3) is 0.933. The highest BCUT2D eigenvalue weighted by atomic mass is 16.2. The zero-order valence-corrected chi connectivity index (χ0v) is 12.8. The van der Waals surface area contributed by atoms with Gasteiger partial charge in [0.25, 0.3) is 0 Å². The van der Waals surface area contributed by atoms with Crippen molar-refractivity contribution in [1.82, 2.24) is 10.2 Å². The largest absolute Gasteiger partial charge is 0.343 e. The Labute approximate surface area is 112 Å². The van der Waals surface area contributed by atoms with E-state index in [1.54, 1.807) is 0 Å². The number of nitrogens with zero attached hydrogens (tertiary/aromatic N) is 1. The van der Waals surface area contributed by atoms with E-state index in [2.05, 4.69) is 44.8 Å². The Hall–Kier alpha value is -0.570. The van der Waals surface area contributed by atoms with E-state index in [-0.39, 0.29) is 5.54 Å².